The van der Waals surface area contributed by atoms with Gasteiger partial charge in [0.1, 0.15) is 16.8 Å². The monoisotopic (exact) mass is 487 g/mol. The molecule has 0 aliphatic carbocycles. The number of nitrogens with zero attached hydrogens (tertiary/aromatic N) is 3. The number of carbonyl (C=O) groups is 1. The third-order valence-corrected chi connectivity index (χ3v) is 6.56. The van der Waals surface area contributed by atoms with Crippen LogP contribution in [0.2, 0.25) is 0 Å². The Kier molecular flexibility index (Phi) is 6.01. The fourth-order valence-corrected chi connectivity index (χ4v) is 4.92. The van der Waals surface area contributed by atoms with Gasteiger partial charge in [-0.05, 0) is 62.2 Å². The molecule has 1 amide bonds. The van der Waals surface area contributed by atoms with Crippen LogP contribution in [0.4, 0.5) is 5.69 Å². The van der Waals surface area contributed by atoms with E-state index in [1.54, 1.807) is 0 Å². The van der Waals surface area contributed by atoms with Crippen LogP contribution in [0.3, 0.4) is 0 Å². The van der Waals surface area contributed by atoms with E-state index in [1.165, 1.54) is 11.8 Å². The number of hydrogen-bond acceptors (Lipinski definition) is 6. The Morgan fingerprint density at radius 3 is 2.70 bits per heavy atom. The lowest BCUT2D eigenvalue weighted by Crippen LogP contribution is -2.41. The van der Waals surface area contributed by atoms with Gasteiger partial charge in [-0.2, -0.15) is 0 Å². The number of halogens is 1. The van der Waals surface area contributed by atoms with Crippen LogP contribution in [-0.2, 0) is 4.79 Å². The standard InChI is InChI=1S/C21H22BrN5O2S/c1-4-29-16-8-5-14(6-9-16)18-19(30-21-25-24-13(3)27(21)26-18)20(28)23-17-10-7-15(22)11-12(17)2/h5-11,18-19,26H,4H2,1-3H3,(H,23,28)/t18-,19-/m1/s1. The third-order valence-electron chi connectivity index (χ3n) is 4.85. The molecule has 1 aliphatic rings. The summed E-state index contributed by atoms with van der Waals surface area (Å²) in [6.45, 7) is 6.41. The second-order valence-corrected chi connectivity index (χ2v) is 8.99. The van der Waals surface area contributed by atoms with Crippen LogP contribution in [0.25, 0.3) is 0 Å². The first kappa shape index (κ1) is 20.7. The summed E-state index contributed by atoms with van der Waals surface area (Å²) in [4.78, 5) is 13.3. The molecule has 4 rings (SSSR count). The molecule has 0 radical (unpaired) electrons. The summed E-state index contributed by atoms with van der Waals surface area (Å²) in [5.41, 5.74) is 6.18. The van der Waals surface area contributed by atoms with Crippen molar-refractivity contribution in [3.63, 3.8) is 0 Å². The number of nitrogens with one attached hydrogen (secondary N) is 2. The molecule has 0 spiro atoms. The van der Waals surface area contributed by atoms with Crippen LogP contribution < -0.4 is 15.5 Å². The Morgan fingerprint density at radius 1 is 1.23 bits per heavy atom. The van der Waals surface area contributed by atoms with Gasteiger partial charge in [0, 0.05) is 10.2 Å². The number of fused-ring (bicyclic) bond motifs is 1. The van der Waals surface area contributed by atoms with Gasteiger partial charge >= 0.3 is 0 Å². The number of anilines is 1. The number of thioether (sulfide) groups is 1. The molecule has 3 aromatic rings. The van der Waals surface area contributed by atoms with Crippen molar-refractivity contribution in [2.45, 2.75) is 37.2 Å². The van der Waals surface area contributed by atoms with E-state index >= 15 is 0 Å². The number of amides is 1. The minimum atomic E-state index is -0.429. The minimum absolute atomic E-state index is 0.0938. The summed E-state index contributed by atoms with van der Waals surface area (Å²) in [5, 5.41) is 11.7. The zero-order valence-electron chi connectivity index (χ0n) is 16.8. The number of aromatic nitrogens is 3. The van der Waals surface area contributed by atoms with Crippen molar-refractivity contribution in [2.24, 2.45) is 0 Å². The number of aryl methyl sites for hydroxylation is 2. The molecule has 1 aliphatic heterocycles. The van der Waals surface area contributed by atoms with Crippen LogP contribution in [0.15, 0.2) is 52.1 Å². The molecule has 156 valence electrons. The molecule has 2 heterocycles. The van der Waals surface area contributed by atoms with Crippen LogP contribution >= 0.6 is 27.7 Å². The highest BCUT2D eigenvalue weighted by atomic mass is 79.9. The van der Waals surface area contributed by atoms with Crippen molar-refractivity contribution >= 4 is 39.3 Å². The molecule has 2 aromatic carbocycles. The highest BCUT2D eigenvalue weighted by Crippen LogP contribution is 2.38. The molecular weight excluding hydrogens is 466 g/mol. The van der Waals surface area contributed by atoms with E-state index in [9.17, 15) is 4.79 Å². The van der Waals surface area contributed by atoms with Gasteiger partial charge in [0.15, 0.2) is 0 Å². The van der Waals surface area contributed by atoms with E-state index in [0.29, 0.717) is 11.8 Å². The van der Waals surface area contributed by atoms with E-state index < -0.39 is 5.25 Å². The molecule has 7 nitrogen and oxygen atoms in total. The minimum Gasteiger partial charge on any atom is -0.494 e. The number of carbonyl (C=O) groups excluding carboxylic acids is 1. The quantitative estimate of drug-likeness (QED) is 0.552. The number of benzene rings is 2. The fourth-order valence-electron chi connectivity index (χ4n) is 3.32. The predicted octanol–water partition coefficient (Wildman–Crippen LogP) is 4.45. The Bertz CT molecular complexity index is 1070. The summed E-state index contributed by atoms with van der Waals surface area (Å²) in [7, 11) is 0. The van der Waals surface area contributed by atoms with Crippen molar-refractivity contribution in [2.75, 3.05) is 17.3 Å². The molecule has 30 heavy (non-hydrogen) atoms. The molecule has 0 saturated heterocycles. The maximum absolute atomic E-state index is 13.3. The van der Waals surface area contributed by atoms with E-state index in [1.807, 2.05) is 67.9 Å². The van der Waals surface area contributed by atoms with Gasteiger partial charge in [0.2, 0.25) is 11.1 Å². The van der Waals surface area contributed by atoms with Gasteiger partial charge in [-0.15, -0.1) is 10.2 Å². The second-order valence-electron chi connectivity index (χ2n) is 6.96. The first-order valence-corrected chi connectivity index (χ1v) is 11.3. The first-order valence-electron chi connectivity index (χ1n) is 9.61. The molecule has 2 atom stereocenters. The van der Waals surface area contributed by atoms with Crippen LogP contribution in [-0.4, -0.2) is 32.6 Å². The lowest BCUT2D eigenvalue weighted by Gasteiger charge is -2.33. The van der Waals surface area contributed by atoms with Crippen molar-refractivity contribution in [1.29, 1.82) is 0 Å². The van der Waals surface area contributed by atoms with Gasteiger partial charge < -0.3 is 15.5 Å². The van der Waals surface area contributed by atoms with Gasteiger partial charge in [-0.3, -0.25) is 4.79 Å². The summed E-state index contributed by atoms with van der Waals surface area (Å²) >= 11 is 4.87. The first-order chi connectivity index (χ1) is 14.5. The van der Waals surface area contributed by atoms with E-state index in [-0.39, 0.29) is 11.9 Å². The normalized spacial score (nSPS) is 17.7. The third kappa shape index (κ3) is 4.17. The van der Waals surface area contributed by atoms with Gasteiger partial charge in [-0.1, -0.05) is 39.8 Å². The molecule has 0 unspecified atom stereocenters. The van der Waals surface area contributed by atoms with Crippen LogP contribution in [0.1, 0.15) is 29.9 Å². The molecule has 0 bridgehead atoms. The summed E-state index contributed by atoms with van der Waals surface area (Å²) in [5.74, 6) is 1.46. The molecule has 2 N–H and O–H groups in total. The number of hydrogen-bond donors (Lipinski definition) is 2. The van der Waals surface area contributed by atoms with E-state index in [2.05, 4.69) is 36.9 Å². The zero-order valence-corrected chi connectivity index (χ0v) is 19.3. The highest BCUT2D eigenvalue weighted by molar-refractivity contribution is 9.10. The highest BCUT2D eigenvalue weighted by Gasteiger charge is 2.37. The summed E-state index contributed by atoms with van der Waals surface area (Å²) in [6, 6.07) is 13.4. The maximum atomic E-state index is 13.3. The predicted molar refractivity (Wildman–Crippen MR) is 122 cm³/mol. The SMILES string of the molecule is CCOc1ccc([C@H]2Nn3c(C)nnc3S[C@H]2C(=O)Nc2ccc(Br)cc2C)cc1. The summed E-state index contributed by atoms with van der Waals surface area (Å²) in [6.07, 6.45) is 0. The fraction of sp³-hybridized carbons (Fsp3) is 0.286. The van der Waals surface area contributed by atoms with Crippen molar-refractivity contribution in [3.8, 4) is 5.75 Å². The van der Waals surface area contributed by atoms with Crippen molar-refractivity contribution < 1.29 is 9.53 Å². The molecule has 0 fully saturated rings. The molecule has 1 aromatic heterocycles. The Hall–Kier alpha value is -2.52. The Labute approximate surface area is 187 Å². The average Bonchev–Trinajstić information content (AvgIpc) is 3.10. The van der Waals surface area contributed by atoms with Crippen molar-refractivity contribution in [1.82, 2.24) is 14.9 Å². The topological polar surface area (TPSA) is 81.1 Å². The largest absolute Gasteiger partial charge is 0.494 e. The lowest BCUT2D eigenvalue weighted by molar-refractivity contribution is -0.116. The zero-order chi connectivity index (χ0) is 21.3. The van der Waals surface area contributed by atoms with E-state index in [4.69, 9.17) is 4.74 Å². The number of ether oxygens (including phenoxy) is 1. The average molecular weight is 488 g/mol. The molecular formula is C21H22BrN5O2S. The van der Waals surface area contributed by atoms with Crippen molar-refractivity contribution in [3.05, 3.63) is 63.9 Å². The van der Waals surface area contributed by atoms with Crippen LogP contribution in [0.5, 0.6) is 5.75 Å². The van der Waals surface area contributed by atoms with Gasteiger partial charge in [0.25, 0.3) is 0 Å². The Balaban J connectivity index is 1.64. The smallest absolute Gasteiger partial charge is 0.240 e. The van der Waals surface area contributed by atoms with Gasteiger partial charge in [0.05, 0.1) is 12.6 Å². The molecule has 0 saturated carbocycles. The van der Waals surface area contributed by atoms with Gasteiger partial charge in [-0.25, -0.2) is 4.68 Å². The van der Waals surface area contributed by atoms with E-state index in [0.717, 1.165) is 32.9 Å². The van der Waals surface area contributed by atoms with Crippen LogP contribution in [0, 0.1) is 13.8 Å². The lowest BCUT2D eigenvalue weighted by atomic mass is 10.0. The maximum Gasteiger partial charge on any atom is 0.240 e. The number of rotatable bonds is 5. The second kappa shape index (κ2) is 8.69. The molecule has 9 heteroatoms. The Morgan fingerprint density at radius 2 is 2.00 bits per heavy atom. The summed E-state index contributed by atoms with van der Waals surface area (Å²) < 4.78 is 8.36.